The average Bonchev–Trinajstić information content (AvgIpc) is 3.12. The van der Waals surface area contributed by atoms with Crippen molar-refractivity contribution in [3.8, 4) is 0 Å². The number of nitrogens with zero attached hydrogens (tertiary/aromatic N) is 5. The summed E-state index contributed by atoms with van der Waals surface area (Å²) in [4.78, 5) is 43.9. The maximum absolute atomic E-state index is 12.6. The molecule has 1 saturated heterocycles. The molecule has 3 heterocycles. The first-order valence-electron chi connectivity index (χ1n) is 9.73. The van der Waals surface area contributed by atoms with Gasteiger partial charge in [0.15, 0.2) is 11.2 Å². The number of fused-ring (bicyclic) bond motifs is 1. The van der Waals surface area contributed by atoms with Crippen LogP contribution in [-0.2, 0) is 13.6 Å². The molecule has 1 atom stereocenters. The van der Waals surface area contributed by atoms with E-state index in [-0.39, 0.29) is 23.4 Å². The molecule has 0 radical (unpaired) electrons. The van der Waals surface area contributed by atoms with Gasteiger partial charge in [-0.05, 0) is 37.0 Å². The number of anilines is 1. The Bertz CT molecular complexity index is 1200. The molecule has 11 heteroatoms. The number of hydrogen-bond donors (Lipinski definition) is 2. The monoisotopic (exact) mass is 414 g/mol. The van der Waals surface area contributed by atoms with Crippen LogP contribution in [0.5, 0.6) is 0 Å². The number of H-pyrrole nitrogens is 1. The zero-order chi connectivity index (χ0) is 21.4. The number of nitrogens with one attached hydrogen (secondary N) is 1. The van der Waals surface area contributed by atoms with Gasteiger partial charge in [0.1, 0.15) is 0 Å². The third-order valence-electron chi connectivity index (χ3n) is 5.47. The summed E-state index contributed by atoms with van der Waals surface area (Å²) < 4.78 is 2.91. The van der Waals surface area contributed by atoms with E-state index < -0.39 is 22.3 Å². The second-order valence-corrected chi connectivity index (χ2v) is 7.43. The van der Waals surface area contributed by atoms with Crippen LogP contribution in [0.15, 0.2) is 33.9 Å². The number of hydrogen-bond acceptors (Lipinski definition) is 7. The molecule has 158 valence electrons. The van der Waals surface area contributed by atoms with E-state index in [1.54, 1.807) is 4.57 Å². The maximum Gasteiger partial charge on any atom is 0.329 e. The third kappa shape index (κ3) is 3.47. The van der Waals surface area contributed by atoms with Gasteiger partial charge >= 0.3 is 5.69 Å². The van der Waals surface area contributed by atoms with Crippen LogP contribution < -0.4 is 16.1 Å². The third-order valence-corrected chi connectivity index (χ3v) is 5.47. The van der Waals surface area contributed by atoms with Crippen molar-refractivity contribution in [1.82, 2.24) is 19.1 Å². The predicted molar refractivity (Wildman–Crippen MR) is 110 cm³/mol. The number of rotatable bonds is 5. The Morgan fingerprint density at radius 1 is 1.20 bits per heavy atom. The van der Waals surface area contributed by atoms with Gasteiger partial charge in [-0.15, -0.1) is 0 Å². The topological polar surface area (TPSA) is 139 Å². The standard InChI is InChI=1S/C19H22N6O5/c1-22-16-15(17(27)21-19(22)28)24(18(20-16)23-9-3-2-4-10-23)11-14(26)12-5-7-13(8-6-12)25(29)30/h5-8,14,26H,2-4,9-11H2,1H3,(H,21,27,28)/t14-/m1/s1. The lowest BCUT2D eigenvalue weighted by Crippen LogP contribution is -2.33. The number of aryl methyl sites for hydroxylation is 1. The quantitative estimate of drug-likeness (QED) is 0.470. The second-order valence-electron chi connectivity index (χ2n) is 7.43. The van der Waals surface area contributed by atoms with Crippen molar-refractivity contribution in [1.29, 1.82) is 0 Å². The summed E-state index contributed by atoms with van der Waals surface area (Å²) >= 11 is 0. The van der Waals surface area contributed by atoms with Crippen molar-refractivity contribution in [3.05, 3.63) is 60.8 Å². The van der Waals surface area contributed by atoms with Gasteiger partial charge in [0.25, 0.3) is 11.2 Å². The Hall–Kier alpha value is -3.47. The van der Waals surface area contributed by atoms with Crippen LogP contribution in [0.2, 0.25) is 0 Å². The van der Waals surface area contributed by atoms with Crippen LogP contribution in [0.4, 0.5) is 11.6 Å². The Balaban J connectivity index is 1.79. The highest BCUT2D eigenvalue weighted by Gasteiger charge is 2.24. The molecule has 1 aromatic carbocycles. The highest BCUT2D eigenvalue weighted by molar-refractivity contribution is 5.74. The molecule has 0 spiro atoms. The van der Waals surface area contributed by atoms with E-state index in [9.17, 15) is 24.8 Å². The van der Waals surface area contributed by atoms with Gasteiger partial charge in [-0.1, -0.05) is 0 Å². The first-order chi connectivity index (χ1) is 14.4. The second kappa shape index (κ2) is 7.75. The summed E-state index contributed by atoms with van der Waals surface area (Å²) in [5.74, 6) is 0.525. The van der Waals surface area contributed by atoms with Crippen molar-refractivity contribution in [2.75, 3.05) is 18.0 Å². The summed E-state index contributed by atoms with van der Waals surface area (Å²) in [6.07, 6.45) is 2.07. The fourth-order valence-electron chi connectivity index (χ4n) is 3.83. The van der Waals surface area contributed by atoms with Crippen molar-refractivity contribution in [2.24, 2.45) is 7.05 Å². The molecule has 0 amide bonds. The van der Waals surface area contributed by atoms with E-state index in [4.69, 9.17) is 0 Å². The number of imidazole rings is 1. The molecule has 0 unspecified atom stereocenters. The van der Waals surface area contributed by atoms with Gasteiger partial charge in [-0.3, -0.25) is 24.5 Å². The number of aliphatic hydroxyl groups excluding tert-OH is 1. The van der Waals surface area contributed by atoms with E-state index in [0.29, 0.717) is 11.5 Å². The number of aromatic amines is 1. The molecule has 3 aromatic rings. The van der Waals surface area contributed by atoms with E-state index in [1.807, 2.05) is 0 Å². The Labute approximate surface area is 170 Å². The molecular formula is C19H22N6O5. The Morgan fingerprint density at radius 2 is 1.87 bits per heavy atom. The van der Waals surface area contributed by atoms with Crippen molar-refractivity contribution < 1.29 is 10.0 Å². The number of piperidine rings is 1. The Morgan fingerprint density at radius 3 is 2.50 bits per heavy atom. The van der Waals surface area contributed by atoms with Crippen LogP contribution >= 0.6 is 0 Å². The van der Waals surface area contributed by atoms with Gasteiger partial charge in [-0.25, -0.2) is 4.79 Å². The first kappa shape index (κ1) is 19.8. The minimum atomic E-state index is -1.02. The molecule has 11 nitrogen and oxygen atoms in total. The summed E-state index contributed by atoms with van der Waals surface area (Å²) in [5.41, 5.74) is -0.260. The SMILES string of the molecule is Cn1c(=O)[nH]c(=O)c2c1nc(N1CCCCC1)n2C[C@@H](O)c1ccc([N+](=O)[O-])cc1. The van der Waals surface area contributed by atoms with Gasteiger partial charge in [0.05, 0.1) is 17.6 Å². The number of aliphatic hydroxyl groups is 1. The number of benzene rings is 1. The molecule has 1 aliphatic rings. The van der Waals surface area contributed by atoms with Crippen LogP contribution in [0.25, 0.3) is 11.2 Å². The van der Waals surface area contributed by atoms with E-state index >= 15 is 0 Å². The molecule has 1 fully saturated rings. The lowest BCUT2D eigenvalue weighted by atomic mass is 10.1. The number of nitro groups is 1. The van der Waals surface area contributed by atoms with Crippen molar-refractivity contribution in [3.63, 3.8) is 0 Å². The minimum absolute atomic E-state index is 0.0153. The predicted octanol–water partition coefficient (Wildman–Crippen LogP) is 1.06. The lowest BCUT2D eigenvalue weighted by molar-refractivity contribution is -0.384. The molecular weight excluding hydrogens is 392 g/mol. The molecule has 4 rings (SSSR count). The zero-order valence-corrected chi connectivity index (χ0v) is 16.4. The molecule has 2 N–H and O–H groups in total. The van der Waals surface area contributed by atoms with Crippen LogP contribution in [0.1, 0.15) is 30.9 Å². The normalized spacial score (nSPS) is 15.5. The highest BCUT2D eigenvalue weighted by Crippen LogP contribution is 2.26. The summed E-state index contributed by atoms with van der Waals surface area (Å²) in [6.45, 7) is 1.55. The fourth-order valence-corrected chi connectivity index (χ4v) is 3.83. The maximum atomic E-state index is 12.6. The molecule has 1 aliphatic heterocycles. The van der Waals surface area contributed by atoms with Gasteiger partial charge in [-0.2, -0.15) is 4.98 Å². The number of nitro benzene ring substituents is 1. The molecule has 0 bridgehead atoms. The Kier molecular flexibility index (Phi) is 5.12. The summed E-state index contributed by atoms with van der Waals surface area (Å²) in [7, 11) is 1.53. The van der Waals surface area contributed by atoms with Gasteiger partial charge < -0.3 is 14.6 Å². The van der Waals surface area contributed by atoms with Crippen LogP contribution in [-0.4, -0.2) is 42.2 Å². The lowest BCUT2D eigenvalue weighted by Gasteiger charge is -2.28. The fraction of sp³-hybridized carbons (Fsp3) is 0.421. The minimum Gasteiger partial charge on any atom is -0.387 e. The summed E-state index contributed by atoms with van der Waals surface area (Å²) in [5, 5.41) is 21.7. The smallest absolute Gasteiger partial charge is 0.329 e. The number of non-ortho nitro benzene ring substituents is 1. The van der Waals surface area contributed by atoms with Crippen LogP contribution in [0.3, 0.4) is 0 Å². The molecule has 30 heavy (non-hydrogen) atoms. The van der Waals surface area contributed by atoms with Crippen LogP contribution in [0, 0.1) is 10.1 Å². The van der Waals surface area contributed by atoms with E-state index in [0.717, 1.165) is 32.4 Å². The summed E-state index contributed by atoms with van der Waals surface area (Å²) in [6, 6.07) is 5.63. The van der Waals surface area contributed by atoms with Gasteiger partial charge in [0.2, 0.25) is 5.95 Å². The zero-order valence-electron chi connectivity index (χ0n) is 16.4. The molecule has 2 aromatic heterocycles. The van der Waals surface area contributed by atoms with E-state index in [1.165, 1.54) is 35.9 Å². The molecule has 0 saturated carbocycles. The van der Waals surface area contributed by atoms with Gasteiger partial charge in [0, 0.05) is 32.3 Å². The number of aromatic nitrogens is 4. The first-order valence-corrected chi connectivity index (χ1v) is 9.73. The molecule has 0 aliphatic carbocycles. The largest absolute Gasteiger partial charge is 0.387 e. The van der Waals surface area contributed by atoms with Crippen molar-refractivity contribution in [2.45, 2.75) is 31.9 Å². The van der Waals surface area contributed by atoms with Crippen molar-refractivity contribution >= 4 is 22.8 Å². The average molecular weight is 414 g/mol. The van der Waals surface area contributed by atoms with E-state index in [2.05, 4.69) is 14.9 Å². The highest BCUT2D eigenvalue weighted by atomic mass is 16.6.